The molecule has 0 radical (unpaired) electrons. The second-order valence-electron chi connectivity index (χ2n) is 5.81. The average molecular weight is 309 g/mol. The smallest absolute Gasteiger partial charge is 0.255 e. The summed E-state index contributed by atoms with van der Waals surface area (Å²) in [6.07, 6.45) is -3.59. The highest BCUT2D eigenvalue weighted by Gasteiger charge is 2.49. The van der Waals surface area contributed by atoms with Crippen LogP contribution in [0.4, 0.5) is 0 Å². The summed E-state index contributed by atoms with van der Waals surface area (Å²) in [6, 6.07) is 0.850. The number of aromatic hydroxyl groups is 1. The van der Waals surface area contributed by atoms with Crippen LogP contribution in [0, 0.1) is 0 Å². The van der Waals surface area contributed by atoms with Crippen LogP contribution in [0.3, 0.4) is 0 Å². The number of aliphatic hydroxyl groups excluding tert-OH is 3. The highest BCUT2D eigenvalue weighted by Crippen LogP contribution is 2.49. The summed E-state index contributed by atoms with van der Waals surface area (Å²) in [5.41, 5.74) is 0.529. The topological polar surface area (TPSA) is 128 Å². The number of carbonyl (C=O) groups is 1. The molecule has 1 saturated carbocycles. The molecule has 1 aromatic carbocycles. The molecule has 2 aliphatic heterocycles. The van der Waals surface area contributed by atoms with Crippen molar-refractivity contribution in [3.63, 3.8) is 0 Å². The second kappa shape index (κ2) is 4.48. The molecule has 0 aromatic heterocycles. The number of nitrogens with one attached hydrogen (secondary N) is 1. The maximum absolute atomic E-state index is 12.3. The first-order valence-corrected chi connectivity index (χ1v) is 6.99. The molecule has 1 fully saturated rings. The van der Waals surface area contributed by atoms with Crippen LogP contribution in [0.1, 0.15) is 28.3 Å². The monoisotopic (exact) mass is 309 g/mol. The minimum atomic E-state index is -1.33. The number of aliphatic hydroxyl groups is 3. The van der Waals surface area contributed by atoms with Crippen molar-refractivity contribution in [3.8, 4) is 17.2 Å². The molecule has 4 rings (SSSR count). The Balaban J connectivity index is 1.87. The summed E-state index contributed by atoms with van der Waals surface area (Å²) >= 11 is 0. The summed E-state index contributed by atoms with van der Waals surface area (Å²) < 4.78 is 10.4. The lowest BCUT2D eigenvalue weighted by Crippen LogP contribution is -2.61. The Bertz CT molecular complexity index is 661. The van der Waals surface area contributed by atoms with Gasteiger partial charge in [-0.05, 0) is 18.1 Å². The summed E-state index contributed by atoms with van der Waals surface area (Å²) in [5.74, 6) is -0.878. The number of phenolic OH excluding ortho intramolecular Hbond substituents is 1. The first-order chi connectivity index (χ1) is 10.5. The fraction of sp³-hybridized carbons (Fsp3) is 0.500. The molecule has 2 heterocycles. The lowest BCUT2D eigenvalue weighted by molar-refractivity contribution is -0.104. The van der Waals surface area contributed by atoms with E-state index in [2.05, 4.69) is 5.32 Å². The summed E-state index contributed by atoms with van der Waals surface area (Å²) in [6.45, 7) is -0.0501. The van der Waals surface area contributed by atoms with E-state index in [1.165, 1.54) is 0 Å². The Labute approximate surface area is 124 Å². The van der Waals surface area contributed by atoms with Crippen molar-refractivity contribution in [2.24, 2.45) is 0 Å². The fourth-order valence-electron chi connectivity index (χ4n) is 3.53. The number of ether oxygens (including phenoxy) is 2. The van der Waals surface area contributed by atoms with E-state index >= 15 is 0 Å². The van der Waals surface area contributed by atoms with Crippen LogP contribution < -0.4 is 14.8 Å². The standard InChI is InChI=1S/C14H15NO7/c16-6-1-5-4-2-7-13(22-3-21-7)11(18)8(4)14(20)15-9(5)12(19)10(6)17/h2,5-6,9-10,12,16-19H,1,3H2,(H,15,20)/t5-,6-,9+,10+,12-/m0/s1. The van der Waals surface area contributed by atoms with Crippen LogP contribution >= 0.6 is 0 Å². The number of rotatable bonds is 0. The van der Waals surface area contributed by atoms with Crippen molar-refractivity contribution in [1.82, 2.24) is 5.32 Å². The maximum Gasteiger partial charge on any atom is 0.255 e. The van der Waals surface area contributed by atoms with Crippen molar-refractivity contribution in [1.29, 1.82) is 0 Å². The van der Waals surface area contributed by atoms with E-state index in [9.17, 15) is 25.2 Å². The Kier molecular flexibility index (Phi) is 2.77. The van der Waals surface area contributed by atoms with Gasteiger partial charge >= 0.3 is 0 Å². The third kappa shape index (κ3) is 1.65. The molecule has 118 valence electrons. The molecule has 0 unspecified atom stereocenters. The van der Waals surface area contributed by atoms with Crippen molar-refractivity contribution in [2.75, 3.05) is 6.79 Å². The molecular weight excluding hydrogens is 294 g/mol. The van der Waals surface area contributed by atoms with Gasteiger partial charge in [0.2, 0.25) is 12.5 Å². The third-order valence-corrected chi connectivity index (χ3v) is 4.63. The minimum Gasteiger partial charge on any atom is -0.504 e. The highest BCUT2D eigenvalue weighted by molar-refractivity contribution is 6.01. The quantitative estimate of drug-likeness (QED) is 0.407. The third-order valence-electron chi connectivity index (χ3n) is 4.63. The van der Waals surface area contributed by atoms with Gasteiger partial charge in [-0.25, -0.2) is 0 Å². The molecule has 1 aliphatic carbocycles. The second-order valence-corrected chi connectivity index (χ2v) is 5.81. The van der Waals surface area contributed by atoms with E-state index in [0.717, 1.165) is 0 Å². The maximum atomic E-state index is 12.3. The first-order valence-electron chi connectivity index (χ1n) is 6.99. The van der Waals surface area contributed by atoms with Gasteiger partial charge in [-0.1, -0.05) is 0 Å². The number of carbonyl (C=O) groups excluding carboxylic acids is 1. The molecule has 5 atom stereocenters. The number of phenols is 1. The van der Waals surface area contributed by atoms with Crippen molar-refractivity contribution in [3.05, 3.63) is 17.2 Å². The van der Waals surface area contributed by atoms with Gasteiger partial charge in [-0.2, -0.15) is 0 Å². The molecule has 0 saturated heterocycles. The fourth-order valence-corrected chi connectivity index (χ4v) is 3.53. The zero-order valence-corrected chi connectivity index (χ0v) is 11.4. The Morgan fingerprint density at radius 1 is 1.18 bits per heavy atom. The van der Waals surface area contributed by atoms with Crippen LogP contribution in [-0.2, 0) is 0 Å². The van der Waals surface area contributed by atoms with Gasteiger partial charge in [0.05, 0.1) is 17.7 Å². The minimum absolute atomic E-state index is 0.0501. The number of hydrogen-bond acceptors (Lipinski definition) is 7. The Hall–Kier alpha value is -2.03. The lowest BCUT2D eigenvalue weighted by Gasteiger charge is -2.44. The molecule has 0 bridgehead atoms. The van der Waals surface area contributed by atoms with E-state index in [4.69, 9.17) is 9.47 Å². The number of amides is 1. The van der Waals surface area contributed by atoms with Crippen LogP contribution in [0.25, 0.3) is 0 Å². The average Bonchev–Trinajstić information content (AvgIpc) is 2.95. The molecule has 0 spiro atoms. The van der Waals surface area contributed by atoms with E-state index in [-0.39, 0.29) is 30.3 Å². The Morgan fingerprint density at radius 3 is 2.73 bits per heavy atom. The molecule has 22 heavy (non-hydrogen) atoms. The lowest BCUT2D eigenvalue weighted by atomic mass is 9.72. The van der Waals surface area contributed by atoms with Crippen molar-refractivity contribution >= 4 is 5.91 Å². The van der Waals surface area contributed by atoms with E-state index in [0.29, 0.717) is 11.3 Å². The number of benzene rings is 1. The Morgan fingerprint density at radius 2 is 1.95 bits per heavy atom. The number of fused-ring (bicyclic) bond motifs is 4. The van der Waals surface area contributed by atoms with Gasteiger partial charge in [0.1, 0.15) is 12.2 Å². The zero-order chi connectivity index (χ0) is 15.6. The van der Waals surface area contributed by atoms with Gasteiger partial charge < -0.3 is 35.2 Å². The number of hydrogen-bond donors (Lipinski definition) is 5. The summed E-state index contributed by atoms with van der Waals surface area (Å²) in [5, 5.41) is 42.6. The van der Waals surface area contributed by atoms with Gasteiger partial charge in [-0.15, -0.1) is 0 Å². The van der Waals surface area contributed by atoms with E-state index in [1.54, 1.807) is 6.07 Å². The van der Waals surface area contributed by atoms with Crippen LogP contribution in [0.5, 0.6) is 17.2 Å². The van der Waals surface area contributed by atoms with Gasteiger partial charge in [-0.3, -0.25) is 4.79 Å². The van der Waals surface area contributed by atoms with Crippen LogP contribution in [0.15, 0.2) is 6.07 Å². The molecule has 3 aliphatic rings. The first kappa shape index (κ1) is 13.6. The predicted molar refractivity (Wildman–Crippen MR) is 70.9 cm³/mol. The molecule has 8 heteroatoms. The molecule has 1 amide bonds. The largest absolute Gasteiger partial charge is 0.504 e. The molecule has 1 aromatic rings. The van der Waals surface area contributed by atoms with Crippen molar-refractivity contribution in [2.45, 2.75) is 36.7 Å². The normalized spacial score (nSPS) is 35.6. The van der Waals surface area contributed by atoms with Gasteiger partial charge in [0, 0.05) is 5.92 Å². The van der Waals surface area contributed by atoms with E-state index in [1.807, 2.05) is 0 Å². The van der Waals surface area contributed by atoms with E-state index < -0.39 is 36.2 Å². The van der Waals surface area contributed by atoms with Gasteiger partial charge in [0.15, 0.2) is 11.5 Å². The van der Waals surface area contributed by atoms with Crippen LogP contribution in [0.2, 0.25) is 0 Å². The predicted octanol–water partition coefficient (Wildman–Crippen LogP) is -1.20. The summed E-state index contributed by atoms with van der Waals surface area (Å²) in [4.78, 5) is 12.3. The van der Waals surface area contributed by atoms with Crippen LogP contribution in [-0.4, -0.2) is 57.5 Å². The van der Waals surface area contributed by atoms with Crippen molar-refractivity contribution < 1.29 is 34.7 Å². The SMILES string of the molecule is O=C1N[C@H]2[C@H](O)[C@H](O)[C@@H](O)C[C@H]2c2cc3c(c(O)c21)OCO3. The molecule has 8 nitrogen and oxygen atoms in total. The molecular formula is C14H15NO7. The summed E-state index contributed by atoms with van der Waals surface area (Å²) in [7, 11) is 0. The van der Waals surface area contributed by atoms with Gasteiger partial charge in [0.25, 0.3) is 5.91 Å². The zero-order valence-electron chi connectivity index (χ0n) is 11.4. The highest BCUT2D eigenvalue weighted by atomic mass is 16.7. The molecule has 5 N–H and O–H groups in total.